The van der Waals surface area contributed by atoms with E-state index in [1.165, 1.54) is 0 Å². The van der Waals surface area contributed by atoms with Gasteiger partial charge in [-0.25, -0.2) is 8.42 Å². The molecule has 176 valence electrons. The van der Waals surface area contributed by atoms with Crippen molar-refractivity contribution in [3.63, 3.8) is 0 Å². The summed E-state index contributed by atoms with van der Waals surface area (Å²) in [6, 6.07) is 12.8. The van der Waals surface area contributed by atoms with E-state index in [1.54, 1.807) is 25.3 Å². The van der Waals surface area contributed by atoms with Crippen molar-refractivity contribution < 1.29 is 17.9 Å². The molecule has 32 heavy (non-hydrogen) atoms. The van der Waals surface area contributed by atoms with E-state index in [0.717, 1.165) is 43.1 Å². The summed E-state index contributed by atoms with van der Waals surface area (Å²) in [7, 11) is -2.05. The largest absolute Gasteiger partial charge is 0.399 e. The lowest BCUT2D eigenvalue weighted by Crippen LogP contribution is -2.32. The number of methoxy groups -OCH3 is 1. The molecular weight excluding hydrogens is 422 g/mol. The first-order chi connectivity index (χ1) is 15.3. The number of carbonyl (C=O) groups excluding carboxylic acids is 1. The molecule has 2 rings (SSSR count). The van der Waals surface area contributed by atoms with Crippen molar-refractivity contribution in [2.24, 2.45) is 5.41 Å². The second kappa shape index (κ2) is 12.2. The summed E-state index contributed by atoms with van der Waals surface area (Å²) in [5.74, 6) is -0.163. The van der Waals surface area contributed by atoms with Crippen LogP contribution in [0.1, 0.15) is 69.1 Å². The first kappa shape index (κ1) is 26.1. The number of hydrogen-bond acceptors (Lipinski definition) is 5. The van der Waals surface area contributed by atoms with Crippen LogP contribution in [0.15, 0.2) is 47.4 Å². The summed E-state index contributed by atoms with van der Waals surface area (Å²) in [6.45, 7) is 4.60. The van der Waals surface area contributed by atoms with Crippen molar-refractivity contribution in [1.82, 2.24) is 0 Å². The maximum atomic E-state index is 13.6. The van der Waals surface area contributed by atoms with Crippen LogP contribution >= 0.6 is 0 Å². The van der Waals surface area contributed by atoms with E-state index < -0.39 is 15.3 Å². The first-order valence-electron chi connectivity index (χ1n) is 11.4. The van der Waals surface area contributed by atoms with Gasteiger partial charge in [0.25, 0.3) is 0 Å². The SMILES string of the molecule is CCCCC(C=O)(CCCC)CS(=O)(=O)c1ccc(N)cc1Cc1cccc(COC)c1. The average Bonchev–Trinajstić information content (AvgIpc) is 2.76. The Morgan fingerprint density at radius 3 is 2.25 bits per heavy atom. The van der Waals surface area contributed by atoms with Crippen LogP contribution < -0.4 is 5.73 Å². The van der Waals surface area contributed by atoms with Crippen LogP contribution in [0, 0.1) is 5.41 Å². The molecule has 0 saturated heterocycles. The molecule has 0 aliphatic rings. The van der Waals surface area contributed by atoms with E-state index in [1.807, 2.05) is 24.3 Å². The Morgan fingerprint density at radius 2 is 1.66 bits per heavy atom. The second-order valence-electron chi connectivity index (χ2n) is 8.74. The van der Waals surface area contributed by atoms with Crippen LogP contribution in [0.3, 0.4) is 0 Å². The predicted octanol–water partition coefficient (Wildman–Crippen LogP) is 5.35. The molecule has 2 N–H and O–H groups in total. The van der Waals surface area contributed by atoms with Gasteiger partial charge < -0.3 is 15.3 Å². The summed E-state index contributed by atoms with van der Waals surface area (Å²) in [4.78, 5) is 12.4. The standard InChI is InChI=1S/C26H37NO4S/c1-4-6-13-26(19-28,14-7-5-2)20-32(29,30)25-12-11-24(27)17-23(25)16-21-9-8-10-22(15-21)18-31-3/h8-12,15,17,19H,4-7,13-14,16,18,20,27H2,1-3H3. The van der Waals surface area contributed by atoms with E-state index >= 15 is 0 Å². The molecule has 0 spiro atoms. The van der Waals surface area contributed by atoms with Gasteiger partial charge in [-0.3, -0.25) is 0 Å². The van der Waals surface area contributed by atoms with Crippen molar-refractivity contribution in [2.45, 2.75) is 70.3 Å². The minimum absolute atomic E-state index is 0.163. The minimum atomic E-state index is -3.69. The Labute approximate surface area is 193 Å². The summed E-state index contributed by atoms with van der Waals surface area (Å²) in [5, 5.41) is 0. The molecule has 2 aromatic rings. The normalized spacial score (nSPS) is 12.1. The smallest absolute Gasteiger partial charge is 0.179 e. The van der Waals surface area contributed by atoms with Gasteiger partial charge in [-0.05, 0) is 54.2 Å². The Kier molecular flexibility index (Phi) is 9.91. The molecule has 0 amide bonds. The number of unbranched alkanes of at least 4 members (excludes halogenated alkanes) is 2. The number of carbonyl (C=O) groups is 1. The van der Waals surface area contributed by atoms with Crippen LogP contribution in [-0.4, -0.2) is 27.6 Å². The molecular formula is C26H37NO4S. The fourth-order valence-corrected chi connectivity index (χ4v) is 6.27. The Balaban J connectivity index is 2.42. The number of hydrogen-bond donors (Lipinski definition) is 1. The number of sulfone groups is 1. The highest BCUT2D eigenvalue weighted by atomic mass is 32.2. The van der Waals surface area contributed by atoms with Gasteiger partial charge in [0.15, 0.2) is 9.84 Å². The van der Waals surface area contributed by atoms with E-state index in [2.05, 4.69) is 13.8 Å². The van der Waals surface area contributed by atoms with Crippen LogP contribution in [-0.2, 0) is 32.4 Å². The van der Waals surface area contributed by atoms with E-state index in [9.17, 15) is 13.2 Å². The van der Waals surface area contributed by atoms with Gasteiger partial charge in [0, 0.05) is 18.2 Å². The lowest BCUT2D eigenvalue weighted by molar-refractivity contribution is -0.116. The fraction of sp³-hybridized carbons (Fsp3) is 0.500. The summed E-state index contributed by atoms with van der Waals surface area (Å²) in [5.41, 5.74) is 8.36. The molecule has 2 aromatic carbocycles. The van der Waals surface area contributed by atoms with Gasteiger partial charge >= 0.3 is 0 Å². The third-order valence-corrected chi connectivity index (χ3v) is 7.92. The molecule has 5 nitrogen and oxygen atoms in total. The molecule has 0 radical (unpaired) electrons. The molecule has 0 fully saturated rings. The molecule has 0 bridgehead atoms. The van der Waals surface area contributed by atoms with Gasteiger partial charge in [0.1, 0.15) is 6.29 Å². The van der Waals surface area contributed by atoms with Crippen molar-refractivity contribution in [2.75, 3.05) is 18.6 Å². The molecule has 0 saturated carbocycles. The van der Waals surface area contributed by atoms with Crippen molar-refractivity contribution in [1.29, 1.82) is 0 Å². The van der Waals surface area contributed by atoms with E-state index in [4.69, 9.17) is 10.5 Å². The topological polar surface area (TPSA) is 86.5 Å². The van der Waals surface area contributed by atoms with Crippen molar-refractivity contribution in [3.8, 4) is 0 Å². The number of rotatable bonds is 14. The van der Waals surface area contributed by atoms with E-state index in [0.29, 0.717) is 37.1 Å². The zero-order chi connectivity index (χ0) is 23.6. The second-order valence-corrected chi connectivity index (χ2v) is 10.7. The van der Waals surface area contributed by atoms with Crippen LogP contribution in [0.25, 0.3) is 0 Å². The van der Waals surface area contributed by atoms with E-state index in [-0.39, 0.29) is 10.6 Å². The predicted molar refractivity (Wildman–Crippen MR) is 130 cm³/mol. The number of aldehydes is 1. The van der Waals surface area contributed by atoms with Crippen LogP contribution in [0.2, 0.25) is 0 Å². The van der Waals surface area contributed by atoms with Crippen LogP contribution in [0.4, 0.5) is 5.69 Å². The lowest BCUT2D eigenvalue weighted by atomic mass is 9.81. The summed E-state index contributed by atoms with van der Waals surface area (Å²) >= 11 is 0. The highest BCUT2D eigenvalue weighted by Gasteiger charge is 2.36. The molecule has 0 aliphatic heterocycles. The molecule has 0 atom stereocenters. The lowest BCUT2D eigenvalue weighted by Gasteiger charge is -2.28. The third-order valence-electron chi connectivity index (χ3n) is 5.90. The van der Waals surface area contributed by atoms with Gasteiger partial charge in [-0.15, -0.1) is 0 Å². The Bertz CT molecular complexity index is 977. The minimum Gasteiger partial charge on any atom is -0.399 e. The molecule has 0 unspecified atom stereocenters. The molecule has 6 heteroatoms. The first-order valence-corrected chi connectivity index (χ1v) is 13.1. The summed E-state index contributed by atoms with van der Waals surface area (Å²) < 4.78 is 32.4. The van der Waals surface area contributed by atoms with Gasteiger partial charge in [-0.1, -0.05) is 63.8 Å². The maximum Gasteiger partial charge on any atom is 0.179 e. The van der Waals surface area contributed by atoms with Crippen LogP contribution in [0.5, 0.6) is 0 Å². The zero-order valence-corrected chi connectivity index (χ0v) is 20.4. The van der Waals surface area contributed by atoms with Crippen molar-refractivity contribution >= 4 is 21.8 Å². The summed E-state index contributed by atoms with van der Waals surface area (Å²) in [6.07, 6.45) is 6.03. The fourth-order valence-electron chi connectivity index (χ4n) is 4.19. The quantitative estimate of drug-likeness (QED) is 0.304. The van der Waals surface area contributed by atoms with Crippen molar-refractivity contribution in [3.05, 3.63) is 59.2 Å². The zero-order valence-electron chi connectivity index (χ0n) is 19.6. The number of anilines is 1. The Hall–Kier alpha value is -2.18. The van der Waals surface area contributed by atoms with Gasteiger partial charge in [0.05, 0.1) is 17.3 Å². The third kappa shape index (κ3) is 7.17. The average molecular weight is 460 g/mol. The number of ether oxygens (including phenoxy) is 1. The monoisotopic (exact) mass is 459 g/mol. The highest BCUT2D eigenvalue weighted by molar-refractivity contribution is 7.91. The van der Waals surface area contributed by atoms with Gasteiger partial charge in [0.2, 0.25) is 0 Å². The molecule has 0 heterocycles. The Morgan fingerprint density at radius 1 is 1.00 bits per heavy atom. The molecule has 0 aliphatic carbocycles. The number of nitrogen functional groups attached to an aromatic ring is 1. The highest BCUT2D eigenvalue weighted by Crippen LogP contribution is 2.34. The maximum absolute atomic E-state index is 13.6. The number of benzene rings is 2. The van der Waals surface area contributed by atoms with Gasteiger partial charge in [-0.2, -0.15) is 0 Å². The number of nitrogens with two attached hydrogens (primary N) is 1. The molecule has 0 aromatic heterocycles.